The molecule has 0 saturated heterocycles. The third-order valence-electron chi connectivity index (χ3n) is 2.48. The molecule has 0 aromatic carbocycles. The van der Waals surface area contributed by atoms with Crippen molar-refractivity contribution in [2.45, 2.75) is 18.9 Å². The number of aromatic nitrogens is 1. The van der Waals surface area contributed by atoms with Crippen LogP contribution in [0.1, 0.15) is 12.8 Å². The van der Waals surface area contributed by atoms with Crippen LogP contribution in [0.3, 0.4) is 0 Å². The Labute approximate surface area is 99.2 Å². The molecule has 0 amide bonds. The molecule has 0 radical (unpaired) electrons. The van der Waals surface area contributed by atoms with Crippen LogP contribution in [-0.2, 0) is 4.74 Å². The molecule has 1 aromatic heterocycles. The van der Waals surface area contributed by atoms with Crippen LogP contribution in [0.2, 0.25) is 0 Å². The molecular formula is C11H16N2O4. The Bertz CT molecular complexity index is 353. The summed E-state index contributed by atoms with van der Waals surface area (Å²) >= 11 is 0. The smallest absolute Gasteiger partial charge is 0.179 e. The van der Waals surface area contributed by atoms with Crippen LogP contribution in [0, 0.1) is 4.91 Å². The average Bonchev–Trinajstić information content (AvgIpc) is 2.81. The Balaban J connectivity index is 1.60. The van der Waals surface area contributed by atoms with E-state index in [1.165, 1.54) is 0 Å². The standard InChI is InChI=1S/C11H16N2O4/c14-13-3-1-2-4-15-7-9-8-16-10-5-12-6-11(10)17-9/h5-6,9,12H,1-4,7-8H2. The minimum absolute atomic E-state index is 0.0671. The molecule has 0 aliphatic carbocycles. The van der Waals surface area contributed by atoms with Crippen LogP contribution < -0.4 is 9.47 Å². The summed E-state index contributed by atoms with van der Waals surface area (Å²) < 4.78 is 16.6. The second-order valence-electron chi connectivity index (χ2n) is 3.87. The van der Waals surface area contributed by atoms with Gasteiger partial charge in [0, 0.05) is 19.0 Å². The van der Waals surface area contributed by atoms with Crippen molar-refractivity contribution in [2.75, 3.05) is 26.4 Å². The van der Waals surface area contributed by atoms with Crippen LogP contribution in [0.25, 0.3) is 0 Å². The van der Waals surface area contributed by atoms with E-state index < -0.39 is 0 Å². The number of unbranched alkanes of at least 4 members (excludes halogenated alkanes) is 1. The van der Waals surface area contributed by atoms with E-state index in [0.29, 0.717) is 26.4 Å². The topological polar surface area (TPSA) is 72.9 Å². The molecule has 94 valence electrons. The van der Waals surface area contributed by atoms with E-state index in [1.807, 2.05) is 0 Å². The van der Waals surface area contributed by atoms with Crippen molar-refractivity contribution >= 4 is 0 Å². The summed E-state index contributed by atoms with van der Waals surface area (Å²) in [7, 11) is 0. The van der Waals surface area contributed by atoms with Crippen LogP contribution in [0.4, 0.5) is 0 Å². The quantitative estimate of drug-likeness (QED) is 0.581. The van der Waals surface area contributed by atoms with Gasteiger partial charge in [-0.25, -0.2) is 0 Å². The number of fused-ring (bicyclic) bond motifs is 1. The van der Waals surface area contributed by atoms with Gasteiger partial charge in [0.15, 0.2) is 17.6 Å². The van der Waals surface area contributed by atoms with Gasteiger partial charge in [0.25, 0.3) is 0 Å². The molecule has 0 bridgehead atoms. The minimum Gasteiger partial charge on any atom is -0.484 e. The van der Waals surface area contributed by atoms with Crippen molar-refractivity contribution < 1.29 is 14.2 Å². The molecule has 0 saturated carbocycles. The number of ether oxygens (including phenoxy) is 3. The number of nitrogens with one attached hydrogen (secondary N) is 1. The molecule has 1 aromatic rings. The minimum atomic E-state index is -0.0671. The maximum absolute atomic E-state index is 9.85. The third kappa shape index (κ3) is 3.45. The number of rotatable bonds is 7. The Morgan fingerprint density at radius 1 is 1.41 bits per heavy atom. The van der Waals surface area contributed by atoms with Gasteiger partial charge >= 0.3 is 0 Å². The van der Waals surface area contributed by atoms with Gasteiger partial charge in [-0.1, -0.05) is 5.18 Å². The number of hydrogen-bond donors (Lipinski definition) is 1. The van der Waals surface area contributed by atoms with Crippen molar-refractivity contribution in [3.8, 4) is 11.5 Å². The second kappa shape index (κ2) is 6.24. The predicted octanol–water partition coefficient (Wildman–Crippen LogP) is 1.72. The largest absolute Gasteiger partial charge is 0.484 e. The highest BCUT2D eigenvalue weighted by Crippen LogP contribution is 2.30. The summed E-state index contributed by atoms with van der Waals surface area (Å²) in [6.45, 7) is 1.98. The fourth-order valence-electron chi connectivity index (χ4n) is 1.61. The molecule has 17 heavy (non-hydrogen) atoms. The van der Waals surface area contributed by atoms with Gasteiger partial charge in [0.1, 0.15) is 6.61 Å². The van der Waals surface area contributed by atoms with E-state index in [2.05, 4.69) is 10.2 Å². The van der Waals surface area contributed by atoms with Gasteiger partial charge in [-0.2, -0.15) is 4.91 Å². The first kappa shape index (κ1) is 11.9. The lowest BCUT2D eigenvalue weighted by Gasteiger charge is -2.24. The zero-order valence-corrected chi connectivity index (χ0v) is 9.55. The molecule has 0 fully saturated rings. The van der Waals surface area contributed by atoms with Crippen LogP contribution in [-0.4, -0.2) is 37.5 Å². The number of hydrogen-bond acceptors (Lipinski definition) is 5. The SMILES string of the molecule is O=NCCCCOCC1COc2c[nH]cc2O1. The fraction of sp³-hybridized carbons (Fsp3) is 0.636. The molecule has 1 aliphatic rings. The van der Waals surface area contributed by atoms with E-state index in [-0.39, 0.29) is 6.10 Å². The maximum Gasteiger partial charge on any atom is 0.179 e. The van der Waals surface area contributed by atoms with Gasteiger partial charge in [-0.3, -0.25) is 0 Å². The van der Waals surface area contributed by atoms with Gasteiger partial charge in [0.05, 0.1) is 13.2 Å². The molecule has 1 unspecified atom stereocenters. The van der Waals surface area contributed by atoms with Crippen molar-refractivity contribution in [1.82, 2.24) is 4.98 Å². The molecular weight excluding hydrogens is 224 g/mol. The van der Waals surface area contributed by atoms with Gasteiger partial charge in [-0.05, 0) is 12.8 Å². The number of nitroso groups, excluding NO2 is 1. The number of aromatic amines is 1. The highest BCUT2D eigenvalue weighted by atomic mass is 16.6. The van der Waals surface area contributed by atoms with Gasteiger partial charge < -0.3 is 19.2 Å². The first-order valence-electron chi connectivity index (χ1n) is 5.73. The lowest BCUT2D eigenvalue weighted by Crippen LogP contribution is -2.33. The Kier molecular flexibility index (Phi) is 4.37. The molecule has 0 spiro atoms. The van der Waals surface area contributed by atoms with Gasteiger partial charge in [-0.15, -0.1) is 0 Å². The highest BCUT2D eigenvalue weighted by Gasteiger charge is 2.21. The maximum atomic E-state index is 9.85. The van der Waals surface area contributed by atoms with E-state index in [4.69, 9.17) is 14.2 Å². The Morgan fingerprint density at radius 3 is 3.18 bits per heavy atom. The van der Waals surface area contributed by atoms with Crippen LogP contribution in [0.15, 0.2) is 17.6 Å². The monoisotopic (exact) mass is 240 g/mol. The highest BCUT2D eigenvalue weighted by molar-refractivity contribution is 5.38. The molecule has 2 rings (SSSR count). The van der Waals surface area contributed by atoms with E-state index >= 15 is 0 Å². The summed E-state index contributed by atoms with van der Waals surface area (Å²) in [5, 5.41) is 2.79. The molecule has 6 nitrogen and oxygen atoms in total. The predicted molar refractivity (Wildman–Crippen MR) is 61.4 cm³/mol. The van der Waals surface area contributed by atoms with Crippen molar-refractivity contribution in [3.05, 3.63) is 17.3 Å². The Morgan fingerprint density at radius 2 is 2.29 bits per heavy atom. The zero-order valence-electron chi connectivity index (χ0n) is 9.55. The average molecular weight is 240 g/mol. The first-order chi connectivity index (χ1) is 8.40. The summed E-state index contributed by atoms with van der Waals surface area (Å²) in [4.78, 5) is 12.8. The zero-order chi connectivity index (χ0) is 11.9. The van der Waals surface area contributed by atoms with E-state index in [9.17, 15) is 4.91 Å². The fourth-order valence-corrected chi connectivity index (χ4v) is 1.61. The summed E-state index contributed by atoms with van der Waals surface area (Å²) in [6, 6.07) is 0. The Hall–Kier alpha value is -1.56. The summed E-state index contributed by atoms with van der Waals surface area (Å²) in [5.41, 5.74) is 0. The lowest BCUT2D eigenvalue weighted by atomic mass is 10.3. The lowest BCUT2D eigenvalue weighted by molar-refractivity contribution is 0.00863. The molecule has 6 heteroatoms. The van der Waals surface area contributed by atoms with Crippen LogP contribution in [0.5, 0.6) is 11.5 Å². The second-order valence-corrected chi connectivity index (χ2v) is 3.87. The molecule has 1 aliphatic heterocycles. The van der Waals surface area contributed by atoms with Gasteiger partial charge in [0.2, 0.25) is 0 Å². The normalized spacial score (nSPS) is 18.0. The van der Waals surface area contributed by atoms with E-state index in [1.54, 1.807) is 12.4 Å². The molecule has 1 N–H and O–H groups in total. The van der Waals surface area contributed by atoms with Crippen molar-refractivity contribution in [2.24, 2.45) is 5.18 Å². The van der Waals surface area contributed by atoms with E-state index in [0.717, 1.165) is 24.3 Å². The number of H-pyrrole nitrogens is 1. The van der Waals surface area contributed by atoms with Crippen molar-refractivity contribution in [3.63, 3.8) is 0 Å². The van der Waals surface area contributed by atoms with Crippen LogP contribution >= 0.6 is 0 Å². The van der Waals surface area contributed by atoms with Crippen molar-refractivity contribution in [1.29, 1.82) is 0 Å². The number of nitrogens with zero attached hydrogens (tertiary/aromatic N) is 1. The summed E-state index contributed by atoms with van der Waals surface area (Å²) in [5.74, 6) is 1.48. The molecule has 1 atom stereocenters. The first-order valence-corrected chi connectivity index (χ1v) is 5.73. The summed E-state index contributed by atoms with van der Waals surface area (Å²) in [6.07, 6.45) is 5.07. The third-order valence-corrected chi connectivity index (χ3v) is 2.48. The molecule has 2 heterocycles.